The van der Waals surface area contributed by atoms with Gasteiger partial charge in [0, 0.05) is 31.7 Å². The van der Waals surface area contributed by atoms with Gasteiger partial charge in [-0.25, -0.2) is 4.79 Å². The molecule has 5 N–H and O–H groups in total. The number of Topliss-reactive ketones (excluding diaryl/α,β-unsaturated/α-hetero) is 1. The molecule has 0 aromatic rings. The molecular weight excluding hydrogens is 650 g/mol. The Morgan fingerprint density at radius 2 is 1.53 bits per heavy atom. The zero-order valence-electron chi connectivity index (χ0n) is 32.2. The van der Waals surface area contributed by atoms with Gasteiger partial charge in [-0.2, -0.15) is 0 Å². The summed E-state index contributed by atoms with van der Waals surface area (Å²) in [4.78, 5) is 87.2. The molecule has 2 heterocycles. The van der Waals surface area contributed by atoms with Crippen molar-refractivity contribution in [3.8, 4) is 0 Å². The lowest BCUT2D eigenvalue weighted by molar-refractivity contribution is -0.143. The Labute approximate surface area is 303 Å². The van der Waals surface area contributed by atoms with Crippen LogP contribution in [0.4, 0.5) is 4.79 Å². The molecule has 3 aliphatic carbocycles. The molecule has 5 atom stereocenters. The minimum Gasteiger partial charge on any atom is -0.363 e. The molecule has 5 rings (SSSR count). The number of amides is 6. The maximum atomic E-state index is 14.7. The van der Waals surface area contributed by atoms with Crippen molar-refractivity contribution in [2.45, 2.75) is 142 Å². The van der Waals surface area contributed by atoms with E-state index < -0.39 is 59.1 Å². The highest BCUT2D eigenvalue weighted by Crippen LogP contribution is 2.59. The molecule has 286 valence electrons. The third kappa shape index (κ3) is 7.93. The fourth-order valence-corrected chi connectivity index (χ4v) is 9.10. The number of piperazine rings is 1. The molecule has 0 radical (unpaired) electrons. The summed E-state index contributed by atoms with van der Waals surface area (Å²) in [5.74, 6) is -2.88. The molecule has 13 heteroatoms. The van der Waals surface area contributed by atoms with Crippen molar-refractivity contribution in [2.75, 3.05) is 33.2 Å². The maximum absolute atomic E-state index is 14.7. The molecule has 0 aromatic carbocycles. The first-order valence-electron chi connectivity index (χ1n) is 19.2. The maximum Gasteiger partial charge on any atom is 0.316 e. The number of likely N-dealkylation sites (tertiary alicyclic amines) is 1. The van der Waals surface area contributed by atoms with Gasteiger partial charge in [0.2, 0.25) is 23.5 Å². The largest absolute Gasteiger partial charge is 0.363 e. The first-order valence-corrected chi connectivity index (χ1v) is 19.2. The Hall–Kier alpha value is -3.22. The van der Waals surface area contributed by atoms with Crippen molar-refractivity contribution in [1.29, 1.82) is 0 Å². The zero-order chi connectivity index (χ0) is 37.7. The highest BCUT2D eigenvalue weighted by atomic mass is 16.2. The van der Waals surface area contributed by atoms with E-state index in [4.69, 9.17) is 5.73 Å². The van der Waals surface area contributed by atoms with E-state index in [1.807, 2.05) is 39.5 Å². The summed E-state index contributed by atoms with van der Waals surface area (Å²) in [6.07, 6.45) is 8.51. The van der Waals surface area contributed by atoms with Crippen molar-refractivity contribution in [3.63, 3.8) is 0 Å². The van der Waals surface area contributed by atoms with Crippen molar-refractivity contribution in [3.05, 3.63) is 0 Å². The fraction of sp³-hybridized carbons (Fsp3) is 0.842. The topological polar surface area (TPSA) is 174 Å². The smallest absolute Gasteiger partial charge is 0.316 e. The van der Waals surface area contributed by atoms with Crippen molar-refractivity contribution in [2.24, 2.45) is 33.8 Å². The Bertz CT molecular complexity index is 1400. The molecule has 13 nitrogen and oxygen atoms in total. The number of carbonyl (C=O) groups is 6. The van der Waals surface area contributed by atoms with E-state index in [0.29, 0.717) is 32.5 Å². The number of ketones is 1. The van der Waals surface area contributed by atoms with Crippen LogP contribution >= 0.6 is 0 Å². The average Bonchev–Trinajstić information content (AvgIpc) is 3.58. The van der Waals surface area contributed by atoms with Gasteiger partial charge in [-0.3, -0.25) is 28.9 Å². The van der Waals surface area contributed by atoms with Crippen LogP contribution in [0.3, 0.4) is 0 Å². The number of urea groups is 1. The zero-order valence-corrected chi connectivity index (χ0v) is 32.2. The summed E-state index contributed by atoms with van der Waals surface area (Å²) in [7, 11) is 2.10. The van der Waals surface area contributed by atoms with Crippen LogP contribution in [0, 0.1) is 28.1 Å². The van der Waals surface area contributed by atoms with E-state index in [0.717, 1.165) is 57.9 Å². The summed E-state index contributed by atoms with van der Waals surface area (Å²) < 4.78 is 0. The third-order valence-corrected chi connectivity index (χ3v) is 13.3. The third-order valence-electron chi connectivity index (χ3n) is 13.3. The number of hydrogen-bond donors (Lipinski definition) is 4. The molecule has 3 saturated carbocycles. The predicted octanol–water partition coefficient (Wildman–Crippen LogP) is 2.56. The minimum absolute atomic E-state index is 0.0373. The van der Waals surface area contributed by atoms with Crippen LogP contribution in [-0.4, -0.2) is 113 Å². The number of hydrogen-bond acceptors (Lipinski definition) is 7. The Kier molecular flexibility index (Phi) is 10.9. The van der Waals surface area contributed by atoms with E-state index in [-0.39, 0.29) is 34.1 Å². The summed E-state index contributed by atoms with van der Waals surface area (Å²) in [6, 6.07) is -4.36. The molecule has 0 bridgehead atoms. The second kappa shape index (κ2) is 14.3. The molecule has 6 amide bonds. The van der Waals surface area contributed by atoms with Crippen LogP contribution in [0.15, 0.2) is 0 Å². The normalized spacial score (nSPS) is 27.5. The average molecular weight is 714 g/mol. The standard InChI is InChI=1S/C38H63N7O6/c1-23(2)27(32(49)44-18-17-43(8)38(22-44)15-16-38)41-34(51)42-29(35(3,4)5)33(50)45-21-37(14-10-13-36(37,6)7)20-26(45)31(48)40-25(28(46)30(39)47)19-24-11-9-12-24/h23-27,29H,9-22H2,1-8H3,(H2,39,47)(H,40,48)(H2,41,42,51)/t25?,26?,27-,29-,37?/m0/s1. The lowest BCUT2D eigenvalue weighted by Gasteiger charge is -2.42. The molecule has 5 fully saturated rings. The summed E-state index contributed by atoms with van der Waals surface area (Å²) >= 11 is 0. The number of carbonyl (C=O) groups excluding carboxylic acids is 6. The van der Waals surface area contributed by atoms with E-state index in [2.05, 4.69) is 41.7 Å². The monoisotopic (exact) mass is 713 g/mol. The number of rotatable bonds is 11. The van der Waals surface area contributed by atoms with Gasteiger partial charge in [0.1, 0.15) is 18.1 Å². The Morgan fingerprint density at radius 1 is 0.863 bits per heavy atom. The van der Waals surface area contributed by atoms with Crippen LogP contribution in [0.2, 0.25) is 0 Å². The van der Waals surface area contributed by atoms with Crippen LogP contribution in [-0.2, 0) is 24.0 Å². The molecular formula is C38H63N7O6. The van der Waals surface area contributed by atoms with E-state index in [9.17, 15) is 28.8 Å². The molecule has 2 saturated heterocycles. The molecule has 3 unspecified atom stereocenters. The number of primary amides is 1. The summed E-state index contributed by atoms with van der Waals surface area (Å²) in [6.45, 7) is 16.1. The SMILES string of the molecule is CC(C)[C@H](NC(=O)N[C@@H](C(=O)N1CC2(CCCC2(C)C)CC1C(=O)NC(CC1CCC1)C(=O)C(N)=O)C(C)(C)C)C(=O)N1CCN(C)C2(CC2)C1. The van der Waals surface area contributed by atoms with Crippen molar-refractivity contribution >= 4 is 35.4 Å². The molecule has 0 aromatic heterocycles. The predicted molar refractivity (Wildman–Crippen MR) is 193 cm³/mol. The molecule has 2 spiro atoms. The van der Waals surface area contributed by atoms with E-state index >= 15 is 0 Å². The highest BCUT2D eigenvalue weighted by molar-refractivity contribution is 6.37. The fourth-order valence-electron chi connectivity index (χ4n) is 9.10. The van der Waals surface area contributed by atoms with Crippen LogP contribution < -0.4 is 21.7 Å². The van der Waals surface area contributed by atoms with Gasteiger partial charge in [-0.15, -0.1) is 0 Å². The van der Waals surface area contributed by atoms with E-state index in [1.54, 1.807) is 4.90 Å². The number of nitrogens with one attached hydrogen (secondary N) is 3. The van der Waals surface area contributed by atoms with Crippen LogP contribution in [0.5, 0.6) is 0 Å². The van der Waals surface area contributed by atoms with Gasteiger partial charge in [0.25, 0.3) is 5.91 Å². The lowest BCUT2D eigenvalue weighted by Crippen LogP contribution is -2.63. The number of nitrogens with two attached hydrogens (primary N) is 1. The number of likely N-dealkylation sites (N-methyl/N-ethyl adjacent to an activating group) is 1. The minimum atomic E-state index is -1.09. The van der Waals surface area contributed by atoms with Gasteiger partial charge in [0.05, 0.1) is 6.04 Å². The van der Waals surface area contributed by atoms with Gasteiger partial charge in [0.15, 0.2) is 0 Å². The summed E-state index contributed by atoms with van der Waals surface area (Å²) in [5, 5.41) is 8.67. The van der Waals surface area contributed by atoms with Gasteiger partial charge < -0.3 is 31.5 Å². The molecule has 51 heavy (non-hydrogen) atoms. The highest BCUT2D eigenvalue weighted by Gasteiger charge is 2.59. The van der Waals surface area contributed by atoms with Gasteiger partial charge >= 0.3 is 6.03 Å². The first kappa shape index (κ1) is 39.0. The van der Waals surface area contributed by atoms with Gasteiger partial charge in [-0.1, -0.05) is 74.1 Å². The Morgan fingerprint density at radius 3 is 2.04 bits per heavy atom. The van der Waals surface area contributed by atoms with Gasteiger partial charge in [-0.05, 0) is 73.7 Å². The quantitative estimate of drug-likeness (QED) is 0.238. The van der Waals surface area contributed by atoms with E-state index in [1.165, 1.54) is 0 Å². The first-order chi connectivity index (χ1) is 23.7. The molecule has 5 aliphatic rings. The second-order valence-corrected chi connectivity index (χ2v) is 18.6. The second-order valence-electron chi connectivity index (χ2n) is 18.6. The molecule has 2 aliphatic heterocycles. The van der Waals surface area contributed by atoms with Crippen LogP contribution in [0.25, 0.3) is 0 Å². The van der Waals surface area contributed by atoms with Crippen molar-refractivity contribution < 1.29 is 28.8 Å². The lowest BCUT2D eigenvalue weighted by atomic mass is 9.66. The number of nitrogens with zero attached hydrogens (tertiary/aromatic N) is 3. The summed E-state index contributed by atoms with van der Waals surface area (Å²) in [5.41, 5.74) is 4.21. The van der Waals surface area contributed by atoms with Crippen LogP contribution in [0.1, 0.15) is 113 Å². The van der Waals surface area contributed by atoms with Crippen molar-refractivity contribution in [1.82, 2.24) is 30.7 Å². The Balaban J connectivity index is 1.35.